The summed E-state index contributed by atoms with van der Waals surface area (Å²) >= 11 is 0. The Morgan fingerprint density at radius 2 is 1.61 bits per heavy atom. The second-order valence-electron chi connectivity index (χ2n) is 7.64. The highest BCUT2D eigenvalue weighted by Crippen LogP contribution is 2.28. The summed E-state index contributed by atoms with van der Waals surface area (Å²) in [6.07, 6.45) is 0. The molecule has 6 heteroatoms. The zero-order valence-electron chi connectivity index (χ0n) is 16.4. The van der Waals surface area contributed by atoms with Gasteiger partial charge in [-0.3, -0.25) is 4.79 Å². The van der Waals surface area contributed by atoms with Gasteiger partial charge in [-0.1, -0.05) is 51.1 Å². The predicted octanol–water partition coefficient (Wildman–Crippen LogP) is 4.53. The standard InChI is InChI=1S/C22H23N3O3/c1-14-18(20(26)27)19(24-25(14)17-8-6-5-7-9-17)15-10-12-16(13-11-15)23-21(28)22(2,3)4/h5-13H,1-4H3,(H,23,28)(H,26,27). The number of carboxylic acids is 1. The molecule has 0 radical (unpaired) electrons. The fourth-order valence-electron chi connectivity index (χ4n) is 2.81. The van der Waals surface area contributed by atoms with Gasteiger partial charge in [-0.25, -0.2) is 9.48 Å². The van der Waals surface area contributed by atoms with Crippen molar-refractivity contribution in [3.8, 4) is 16.9 Å². The Morgan fingerprint density at radius 1 is 1.00 bits per heavy atom. The van der Waals surface area contributed by atoms with Crippen molar-refractivity contribution in [3.63, 3.8) is 0 Å². The van der Waals surface area contributed by atoms with Crippen molar-refractivity contribution in [1.29, 1.82) is 0 Å². The van der Waals surface area contributed by atoms with E-state index in [0.29, 0.717) is 22.6 Å². The fourth-order valence-corrected chi connectivity index (χ4v) is 2.81. The van der Waals surface area contributed by atoms with E-state index in [4.69, 9.17) is 0 Å². The van der Waals surface area contributed by atoms with E-state index < -0.39 is 11.4 Å². The van der Waals surface area contributed by atoms with Gasteiger partial charge < -0.3 is 10.4 Å². The zero-order chi connectivity index (χ0) is 20.5. The highest BCUT2D eigenvalue weighted by molar-refractivity contribution is 5.97. The van der Waals surface area contributed by atoms with Crippen LogP contribution in [-0.2, 0) is 4.79 Å². The second kappa shape index (κ2) is 7.31. The van der Waals surface area contributed by atoms with E-state index in [9.17, 15) is 14.7 Å². The van der Waals surface area contributed by atoms with Crippen LogP contribution in [0.2, 0.25) is 0 Å². The van der Waals surface area contributed by atoms with Gasteiger partial charge in [0.25, 0.3) is 0 Å². The predicted molar refractivity (Wildman–Crippen MR) is 109 cm³/mol. The minimum absolute atomic E-state index is 0.0873. The first-order valence-corrected chi connectivity index (χ1v) is 8.98. The lowest BCUT2D eigenvalue weighted by Crippen LogP contribution is -2.27. The van der Waals surface area contributed by atoms with Gasteiger partial charge in [0, 0.05) is 16.7 Å². The number of amides is 1. The largest absolute Gasteiger partial charge is 0.478 e. The molecule has 0 saturated carbocycles. The van der Waals surface area contributed by atoms with Gasteiger partial charge in [0.15, 0.2) is 0 Å². The molecule has 0 fully saturated rings. The third kappa shape index (κ3) is 3.81. The molecule has 0 spiro atoms. The Hall–Kier alpha value is -3.41. The van der Waals surface area contributed by atoms with Crippen molar-refractivity contribution in [2.24, 2.45) is 5.41 Å². The normalized spacial score (nSPS) is 11.3. The van der Waals surface area contributed by atoms with Crippen molar-refractivity contribution >= 4 is 17.6 Å². The summed E-state index contributed by atoms with van der Waals surface area (Å²) in [7, 11) is 0. The van der Waals surface area contributed by atoms with Crippen molar-refractivity contribution in [1.82, 2.24) is 9.78 Å². The second-order valence-corrected chi connectivity index (χ2v) is 7.64. The minimum Gasteiger partial charge on any atom is -0.478 e. The Bertz CT molecular complexity index is 1010. The average Bonchev–Trinajstić information content (AvgIpc) is 2.99. The van der Waals surface area contributed by atoms with Crippen LogP contribution in [0.25, 0.3) is 16.9 Å². The van der Waals surface area contributed by atoms with Crippen molar-refractivity contribution in [2.75, 3.05) is 5.32 Å². The Labute approximate surface area is 163 Å². The number of hydrogen-bond donors (Lipinski definition) is 2. The van der Waals surface area contributed by atoms with Gasteiger partial charge in [-0.15, -0.1) is 0 Å². The molecule has 0 bridgehead atoms. The van der Waals surface area contributed by atoms with Crippen LogP contribution in [0.5, 0.6) is 0 Å². The van der Waals surface area contributed by atoms with Gasteiger partial charge in [0.2, 0.25) is 5.91 Å². The monoisotopic (exact) mass is 377 g/mol. The summed E-state index contributed by atoms with van der Waals surface area (Å²) in [4.78, 5) is 24.0. The summed E-state index contributed by atoms with van der Waals surface area (Å²) in [5, 5.41) is 17.1. The third-order valence-electron chi connectivity index (χ3n) is 4.43. The number of carbonyl (C=O) groups is 2. The summed E-state index contributed by atoms with van der Waals surface area (Å²) in [5.41, 5.74) is 2.73. The van der Waals surface area contributed by atoms with E-state index >= 15 is 0 Å². The molecule has 3 rings (SSSR count). The average molecular weight is 377 g/mol. The number of benzene rings is 2. The number of hydrogen-bond acceptors (Lipinski definition) is 3. The Kier molecular flexibility index (Phi) is 5.05. The molecule has 3 aromatic rings. The van der Waals surface area contributed by atoms with Gasteiger partial charge in [0.1, 0.15) is 11.3 Å². The SMILES string of the molecule is Cc1c(C(=O)O)c(-c2ccc(NC(=O)C(C)(C)C)cc2)nn1-c1ccccc1. The maximum Gasteiger partial charge on any atom is 0.339 e. The summed E-state index contributed by atoms with van der Waals surface area (Å²) in [5.74, 6) is -1.12. The van der Waals surface area contributed by atoms with E-state index in [1.54, 1.807) is 35.9 Å². The number of para-hydroxylation sites is 1. The van der Waals surface area contributed by atoms with E-state index in [0.717, 1.165) is 5.69 Å². The van der Waals surface area contributed by atoms with Crippen LogP contribution in [0.15, 0.2) is 54.6 Å². The van der Waals surface area contributed by atoms with E-state index in [1.165, 1.54) is 0 Å². The summed E-state index contributed by atoms with van der Waals surface area (Å²) in [6.45, 7) is 7.27. The van der Waals surface area contributed by atoms with Crippen LogP contribution in [0, 0.1) is 12.3 Å². The lowest BCUT2D eigenvalue weighted by Gasteiger charge is -2.17. The van der Waals surface area contributed by atoms with Crippen LogP contribution in [0.1, 0.15) is 36.8 Å². The molecule has 0 aliphatic heterocycles. The van der Waals surface area contributed by atoms with Crippen LogP contribution in [0.4, 0.5) is 5.69 Å². The molecule has 1 aromatic heterocycles. The minimum atomic E-state index is -1.03. The first kappa shape index (κ1) is 19.4. The number of anilines is 1. The molecular weight excluding hydrogens is 354 g/mol. The Morgan fingerprint density at radius 3 is 2.14 bits per heavy atom. The highest BCUT2D eigenvalue weighted by Gasteiger charge is 2.23. The van der Waals surface area contributed by atoms with E-state index in [2.05, 4.69) is 10.4 Å². The molecule has 28 heavy (non-hydrogen) atoms. The topological polar surface area (TPSA) is 84.2 Å². The quantitative estimate of drug-likeness (QED) is 0.700. The first-order chi connectivity index (χ1) is 13.2. The van der Waals surface area contributed by atoms with Crippen molar-refractivity contribution in [3.05, 3.63) is 65.9 Å². The third-order valence-corrected chi connectivity index (χ3v) is 4.43. The molecule has 2 aromatic carbocycles. The van der Waals surface area contributed by atoms with E-state index in [-0.39, 0.29) is 11.5 Å². The Balaban J connectivity index is 1.99. The molecule has 0 atom stereocenters. The molecule has 2 N–H and O–H groups in total. The number of aromatic nitrogens is 2. The molecule has 0 saturated heterocycles. The van der Waals surface area contributed by atoms with Gasteiger partial charge >= 0.3 is 5.97 Å². The van der Waals surface area contributed by atoms with Gasteiger partial charge in [0.05, 0.1) is 11.4 Å². The molecule has 6 nitrogen and oxygen atoms in total. The summed E-state index contributed by atoms with van der Waals surface area (Å²) in [6, 6.07) is 16.4. The number of nitrogens with zero attached hydrogens (tertiary/aromatic N) is 2. The van der Waals surface area contributed by atoms with Crippen LogP contribution in [-0.4, -0.2) is 26.8 Å². The highest BCUT2D eigenvalue weighted by atomic mass is 16.4. The molecule has 0 aliphatic rings. The number of carbonyl (C=O) groups excluding carboxylic acids is 1. The first-order valence-electron chi connectivity index (χ1n) is 8.98. The van der Waals surface area contributed by atoms with Crippen LogP contribution >= 0.6 is 0 Å². The van der Waals surface area contributed by atoms with Crippen molar-refractivity contribution in [2.45, 2.75) is 27.7 Å². The molecule has 0 unspecified atom stereocenters. The van der Waals surface area contributed by atoms with Crippen LogP contribution in [0.3, 0.4) is 0 Å². The number of rotatable bonds is 4. The lowest BCUT2D eigenvalue weighted by molar-refractivity contribution is -0.123. The number of carboxylic acid groups (broad SMARTS) is 1. The van der Waals surface area contributed by atoms with Crippen LogP contribution < -0.4 is 5.32 Å². The zero-order valence-corrected chi connectivity index (χ0v) is 16.4. The molecule has 1 amide bonds. The number of aromatic carboxylic acids is 1. The van der Waals surface area contributed by atoms with Crippen molar-refractivity contribution < 1.29 is 14.7 Å². The van der Waals surface area contributed by atoms with Gasteiger partial charge in [-0.2, -0.15) is 5.10 Å². The maximum absolute atomic E-state index is 12.1. The summed E-state index contributed by atoms with van der Waals surface area (Å²) < 4.78 is 1.63. The molecule has 144 valence electrons. The molecule has 1 heterocycles. The molecule has 0 aliphatic carbocycles. The molecular formula is C22H23N3O3. The number of nitrogens with one attached hydrogen (secondary N) is 1. The maximum atomic E-state index is 12.1. The smallest absolute Gasteiger partial charge is 0.339 e. The van der Waals surface area contributed by atoms with Gasteiger partial charge in [-0.05, 0) is 31.2 Å². The fraction of sp³-hybridized carbons (Fsp3) is 0.227. The van der Waals surface area contributed by atoms with E-state index in [1.807, 2.05) is 51.1 Å². The lowest BCUT2D eigenvalue weighted by atomic mass is 9.95.